The van der Waals surface area contributed by atoms with Gasteiger partial charge in [-0.05, 0) is 12.1 Å². The van der Waals surface area contributed by atoms with Crippen LogP contribution in [0.5, 0.6) is 11.6 Å². The number of hydrogen-bond donors (Lipinski definition) is 1. The average molecular weight is 219 g/mol. The lowest BCUT2D eigenvalue weighted by atomic mass is 10.3. The van der Waals surface area contributed by atoms with Crippen molar-refractivity contribution in [1.82, 2.24) is 9.97 Å². The molecule has 5 heteroatoms. The molecule has 0 saturated carbocycles. The van der Waals surface area contributed by atoms with Crippen LogP contribution in [0.4, 0.5) is 4.39 Å². The van der Waals surface area contributed by atoms with E-state index in [9.17, 15) is 4.39 Å². The number of halogens is 1. The normalized spacial score (nSPS) is 10.1. The Morgan fingerprint density at radius 3 is 2.81 bits per heavy atom. The van der Waals surface area contributed by atoms with Crippen LogP contribution in [0.2, 0.25) is 0 Å². The van der Waals surface area contributed by atoms with Crippen molar-refractivity contribution >= 4 is 0 Å². The van der Waals surface area contributed by atoms with E-state index in [-0.39, 0.29) is 18.2 Å². The highest BCUT2D eigenvalue weighted by Gasteiger charge is 2.04. The third-order valence-electron chi connectivity index (χ3n) is 1.92. The van der Waals surface area contributed by atoms with Gasteiger partial charge in [0.2, 0.25) is 5.88 Å². The average Bonchev–Trinajstić information content (AvgIpc) is 2.32. The van der Waals surface area contributed by atoms with Gasteiger partial charge in [-0.3, -0.25) is 4.98 Å². The molecule has 0 amide bonds. The minimum Gasteiger partial charge on any atom is -0.434 e. The second-order valence-corrected chi connectivity index (χ2v) is 3.09. The summed E-state index contributed by atoms with van der Waals surface area (Å²) in [5.74, 6) is -0.0959. The van der Waals surface area contributed by atoms with Crippen molar-refractivity contribution in [2.24, 2.45) is 5.73 Å². The zero-order valence-electron chi connectivity index (χ0n) is 8.43. The van der Waals surface area contributed by atoms with Gasteiger partial charge in [0.15, 0.2) is 11.6 Å². The zero-order chi connectivity index (χ0) is 11.4. The number of aromatic nitrogens is 2. The van der Waals surface area contributed by atoms with Crippen LogP contribution < -0.4 is 10.5 Å². The Labute approximate surface area is 91.9 Å². The molecular formula is C11H10FN3O. The van der Waals surface area contributed by atoms with Crippen LogP contribution in [0.1, 0.15) is 5.69 Å². The lowest BCUT2D eigenvalue weighted by molar-refractivity contribution is 0.424. The monoisotopic (exact) mass is 219 g/mol. The van der Waals surface area contributed by atoms with Crippen molar-refractivity contribution in [1.29, 1.82) is 0 Å². The summed E-state index contributed by atoms with van der Waals surface area (Å²) in [6.07, 6.45) is 2.94. The molecule has 0 aliphatic rings. The van der Waals surface area contributed by atoms with Gasteiger partial charge < -0.3 is 10.5 Å². The molecule has 4 nitrogen and oxygen atoms in total. The van der Waals surface area contributed by atoms with E-state index in [0.29, 0.717) is 5.69 Å². The first-order chi connectivity index (χ1) is 7.79. The molecule has 0 spiro atoms. The van der Waals surface area contributed by atoms with Crippen molar-refractivity contribution < 1.29 is 9.13 Å². The van der Waals surface area contributed by atoms with E-state index in [1.54, 1.807) is 12.1 Å². The maximum Gasteiger partial charge on any atom is 0.238 e. The molecule has 1 heterocycles. The maximum absolute atomic E-state index is 13.3. The maximum atomic E-state index is 13.3. The number of para-hydroxylation sites is 1. The van der Waals surface area contributed by atoms with Crippen LogP contribution in [0.25, 0.3) is 0 Å². The summed E-state index contributed by atoms with van der Waals surface area (Å²) in [7, 11) is 0. The molecule has 0 unspecified atom stereocenters. The highest BCUT2D eigenvalue weighted by Crippen LogP contribution is 2.21. The van der Waals surface area contributed by atoms with Gasteiger partial charge in [-0.2, -0.15) is 0 Å². The van der Waals surface area contributed by atoms with Crippen molar-refractivity contribution in [3.63, 3.8) is 0 Å². The van der Waals surface area contributed by atoms with Crippen molar-refractivity contribution in [2.45, 2.75) is 6.54 Å². The van der Waals surface area contributed by atoms with Crippen molar-refractivity contribution in [3.05, 3.63) is 48.2 Å². The van der Waals surface area contributed by atoms with Crippen LogP contribution in [-0.2, 0) is 6.54 Å². The van der Waals surface area contributed by atoms with Crippen molar-refractivity contribution in [2.75, 3.05) is 0 Å². The smallest absolute Gasteiger partial charge is 0.238 e. The zero-order valence-corrected chi connectivity index (χ0v) is 8.43. The minimum atomic E-state index is -0.442. The predicted octanol–water partition coefficient (Wildman–Crippen LogP) is 1.87. The molecule has 82 valence electrons. The standard InChI is InChI=1S/C11H10FN3O/c12-9-3-1-2-4-10(9)16-11-7-14-6-8(5-13)15-11/h1-4,6-7H,5,13H2. The fourth-order valence-corrected chi connectivity index (χ4v) is 1.17. The first-order valence-corrected chi connectivity index (χ1v) is 4.73. The predicted molar refractivity (Wildman–Crippen MR) is 56.4 cm³/mol. The summed E-state index contributed by atoms with van der Waals surface area (Å²) in [5, 5.41) is 0. The van der Waals surface area contributed by atoms with E-state index in [2.05, 4.69) is 9.97 Å². The third-order valence-corrected chi connectivity index (χ3v) is 1.92. The van der Waals surface area contributed by atoms with E-state index in [4.69, 9.17) is 10.5 Å². The quantitative estimate of drug-likeness (QED) is 0.855. The SMILES string of the molecule is NCc1cncc(Oc2ccccc2F)n1. The molecule has 1 aromatic carbocycles. The Hall–Kier alpha value is -2.01. The second-order valence-electron chi connectivity index (χ2n) is 3.09. The fraction of sp³-hybridized carbons (Fsp3) is 0.0909. The molecule has 2 aromatic rings. The van der Waals surface area contributed by atoms with E-state index in [1.807, 2.05) is 0 Å². The summed E-state index contributed by atoms with van der Waals surface area (Å²) < 4.78 is 18.5. The Bertz CT molecular complexity index is 490. The molecule has 0 bridgehead atoms. The molecule has 16 heavy (non-hydrogen) atoms. The topological polar surface area (TPSA) is 61.0 Å². The molecule has 1 aromatic heterocycles. The van der Waals surface area contributed by atoms with Gasteiger partial charge in [-0.25, -0.2) is 9.37 Å². The number of nitrogens with zero attached hydrogens (tertiary/aromatic N) is 2. The molecule has 2 N–H and O–H groups in total. The summed E-state index contributed by atoms with van der Waals surface area (Å²) >= 11 is 0. The Morgan fingerprint density at radius 2 is 2.06 bits per heavy atom. The highest BCUT2D eigenvalue weighted by molar-refractivity contribution is 5.27. The largest absolute Gasteiger partial charge is 0.434 e. The van der Waals surface area contributed by atoms with Crippen LogP contribution >= 0.6 is 0 Å². The number of benzene rings is 1. The summed E-state index contributed by atoms with van der Waals surface area (Å²) in [4.78, 5) is 7.94. The van der Waals surface area contributed by atoms with Gasteiger partial charge in [0.1, 0.15) is 0 Å². The van der Waals surface area contributed by atoms with E-state index < -0.39 is 5.82 Å². The van der Waals surface area contributed by atoms with E-state index in [0.717, 1.165) is 0 Å². The van der Waals surface area contributed by atoms with Gasteiger partial charge >= 0.3 is 0 Å². The van der Waals surface area contributed by atoms with Gasteiger partial charge in [0.25, 0.3) is 0 Å². The molecule has 0 fully saturated rings. The fourth-order valence-electron chi connectivity index (χ4n) is 1.17. The third kappa shape index (κ3) is 2.32. The number of hydrogen-bond acceptors (Lipinski definition) is 4. The molecule has 0 radical (unpaired) electrons. The highest BCUT2D eigenvalue weighted by atomic mass is 19.1. The summed E-state index contributed by atoms with van der Waals surface area (Å²) in [6.45, 7) is 0.265. The minimum absolute atomic E-state index is 0.117. The van der Waals surface area contributed by atoms with Crippen LogP contribution in [0.15, 0.2) is 36.7 Å². The first-order valence-electron chi connectivity index (χ1n) is 4.73. The molecule has 0 aliphatic heterocycles. The van der Waals surface area contributed by atoms with E-state index in [1.165, 1.54) is 24.5 Å². The van der Waals surface area contributed by atoms with Crippen LogP contribution in [0.3, 0.4) is 0 Å². The second kappa shape index (κ2) is 4.67. The lowest BCUT2D eigenvalue weighted by Crippen LogP contribution is -2.01. The number of nitrogens with two attached hydrogens (primary N) is 1. The van der Waals surface area contributed by atoms with E-state index >= 15 is 0 Å². The molecule has 2 rings (SSSR count). The van der Waals surface area contributed by atoms with Gasteiger partial charge in [0.05, 0.1) is 11.9 Å². The Kier molecular flexibility index (Phi) is 3.07. The Balaban J connectivity index is 2.24. The molecule has 0 saturated heterocycles. The van der Waals surface area contributed by atoms with Gasteiger partial charge in [-0.1, -0.05) is 12.1 Å². The Morgan fingerprint density at radius 1 is 1.25 bits per heavy atom. The lowest BCUT2D eigenvalue weighted by Gasteiger charge is -2.05. The van der Waals surface area contributed by atoms with Gasteiger partial charge in [-0.15, -0.1) is 0 Å². The van der Waals surface area contributed by atoms with Crippen LogP contribution in [0, 0.1) is 5.82 Å². The number of rotatable bonds is 3. The first kappa shape index (κ1) is 10.5. The molecule has 0 atom stereocenters. The number of ether oxygens (including phenoxy) is 1. The van der Waals surface area contributed by atoms with Gasteiger partial charge in [0, 0.05) is 12.7 Å². The summed E-state index contributed by atoms with van der Waals surface area (Å²) in [5.41, 5.74) is 6.00. The van der Waals surface area contributed by atoms with Crippen LogP contribution in [-0.4, -0.2) is 9.97 Å². The summed E-state index contributed by atoms with van der Waals surface area (Å²) in [6, 6.07) is 6.10. The molecule has 0 aliphatic carbocycles. The van der Waals surface area contributed by atoms with Crippen molar-refractivity contribution in [3.8, 4) is 11.6 Å². The molecular weight excluding hydrogens is 209 g/mol.